The van der Waals surface area contributed by atoms with E-state index >= 15 is 0 Å². The lowest BCUT2D eigenvalue weighted by Crippen LogP contribution is -2.09. The van der Waals surface area contributed by atoms with Crippen LogP contribution in [-0.4, -0.2) is 21.5 Å². The molecule has 0 bridgehead atoms. The monoisotopic (exact) mass is 195 g/mol. The normalized spacial score (nSPS) is 14.0. The van der Waals surface area contributed by atoms with E-state index in [0.717, 1.165) is 25.0 Å². The van der Waals surface area contributed by atoms with E-state index < -0.39 is 5.97 Å². The second kappa shape index (κ2) is 4.19. The van der Waals surface area contributed by atoms with Gasteiger partial charge in [0.05, 0.1) is 0 Å². The summed E-state index contributed by atoms with van der Waals surface area (Å²) < 4.78 is 0. The summed E-state index contributed by atoms with van der Waals surface area (Å²) in [5, 5.41) is 8.72. The molecule has 0 unspecified atom stereocenters. The fraction of sp³-hybridized carbons (Fsp3) is 0.400. The van der Waals surface area contributed by atoms with E-state index in [2.05, 4.69) is 4.98 Å². The van der Waals surface area contributed by atoms with Crippen molar-refractivity contribution < 1.29 is 15.4 Å². The van der Waals surface area contributed by atoms with Gasteiger partial charge in [0.15, 0.2) is 0 Å². The topological polar surface area (TPSA) is 81.7 Å². The summed E-state index contributed by atoms with van der Waals surface area (Å²) in [5.74, 6) is -0.937. The van der Waals surface area contributed by atoms with Crippen molar-refractivity contribution in [2.75, 3.05) is 0 Å². The molecule has 0 aliphatic heterocycles. The van der Waals surface area contributed by atoms with E-state index in [1.165, 1.54) is 12.0 Å². The number of carboxylic acids is 1. The predicted molar refractivity (Wildman–Crippen MR) is 51.5 cm³/mol. The van der Waals surface area contributed by atoms with Crippen LogP contribution in [0.25, 0.3) is 0 Å². The van der Waals surface area contributed by atoms with Crippen LogP contribution in [-0.2, 0) is 12.8 Å². The molecule has 0 spiro atoms. The minimum Gasteiger partial charge on any atom is -0.477 e. The zero-order valence-corrected chi connectivity index (χ0v) is 7.79. The molecule has 0 saturated heterocycles. The van der Waals surface area contributed by atoms with E-state index in [-0.39, 0.29) is 11.2 Å². The molecule has 76 valence electrons. The molecule has 14 heavy (non-hydrogen) atoms. The Kier molecular flexibility index (Phi) is 3.19. The first kappa shape index (κ1) is 10.7. The summed E-state index contributed by atoms with van der Waals surface area (Å²) >= 11 is 0. The molecule has 1 aromatic rings. The van der Waals surface area contributed by atoms with E-state index in [1.54, 1.807) is 6.07 Å². The second-order valence-electron chi connectivity index (χ2n) is 3.31. The van der Waals surface area contributed by atoms with Crippen molar-refractivity contribution >= 4 is 5.97 Å². The van der Waals surface area contributed by atoms with Gasteiger partial charge in [0.1, 0.15) is 5.69 Å². The molecule has 1 aliphatic rings. The summed E-state index contributed by atoms with van der Waals surface area (Å²) in [6, 6.07) is 3.48. The highest BCUT2D eigenvalue weighted by Crippen LogP contribution is 2.19. The molecule has 4 heteroatoms. The number of fused-ring (bicyclic) bond motifs is 1. The highest BCUT2D eigenvalue weighted by atomic mass is 16.4. The van der Waals surface area contributed by atoms with E-state index in [4.69, 9.17) is 5.11 Å². The molecule has 0 amide bonds. The molecular formula is C10H13NO3. The third-order valence-electron chi connectivity index (χ3n) is 2.40. The van der Waals surface area contributed by atoms with Crippen molar-refractivity contribution in [3.8, 4) is 0 Å². The highest BCUT2D eigenvalue weighted by Gasteiger charge is 2.13. The molecule has 4 nitrogen and oxygen atoms in total. The van der Waals surface area contributed by atoms with Gasteiger partial charge in [-0.15, -0.1) is 0 Å². The first-order valence-electron chi connectivity index (χ1n) is 4.49. The Morgan fingerprint density at radius 2 is 2.00 bits per heavy atom. The van der Waals surface area contributed by atoms with Crippen molar-refractivity contribution in [2.24, 2.45) is 0 Å². The van der Waals surface area contributed by atoms with Crippen LogP contribution in [0.4, 0.5) is 0 Å². The molecule has 0 atom stereocenters. The van der Waals surface area contributed by atoms with Crippen molar-refractivity contribution in [3.63, 3.8) is 0 Å². The van der Waals surface area contributed by atoms with Gasteiger partial charge in [-0.3, -0.25) is 0 Å². The molecule has 0 aromatic carbocycles. The fourth-order valence-electron chi connectivity index (χ4n) is 1.70. The number of aromatic nitrogens is 1. The average molecular weight is 195 g/mol. The Labute approximate surface area is 81.9 Å². The Bertz CT molecular complexity index is 349. The number of hydrogen-bond donors (Lipinski definition) is 1. The zero-order chi connectivity index (χ0) is 9.26. The van der Waals surface area contributed by atoms with Gasteiger partial charge in [-0.1, -0.05) is 6.07 Å². The molecule has 0 saturated carbocycles. The molecule has 1 aliphatic carbocycles. The summed E-state index contributed by atoms with van der Waals surface area (Å²) in [7, 11) is 0. The molecule has 0 radical (unpaired) electrons. The van der Waals surface area contributed by atoms with Crippen LogP contribution in [0.1, 0.15) is 34.6 Å². The standard InChI is InChI=1S/C10H11NO2.H2O/c12-10(13)9-6-5-7-3-1-2-4-8(7)11-9;/h5-6H,1-4H2,(H,12,13);1H2. The predicted octanol–water partition coefficient (Wildman–Crippen LogP) is 0.834. The molecule has 1 heterocycles. The van der Waals surface area contributed by atoms with Crippen LogP contribution in [0, 0.1) is 0 Å². The van der Waals surface area contributed by atoms with Gasteiger partial charge >= 0.3 is 5.97 Å². The number of carboxylic acid groups (broad SMARTS) is 1. The third-order valence-corrected chi connectivity index (χ3v) is 2.40. The summed E-state index contributed by atoms with van der Waals surface area (Å²) in [5.41, 5.74) is 2.36. The molecule has 3 N–H and O–H groups in total. The first-order valence-corrected chi connectivity index (χ1v) is 4.49. The molecule has 2 rings (SSSR count). The fourth-order valence-corrected chi connectivity index (χ4v) is 1.70. The van der Waals surface area contributed by atoms with E-state index in [1.807, 2.05) is 6.07 Å². The van der Waals surface area contributed by atoms with Crippen LogP contribution in [0.3, 0.4) is 0 Å². The van der Waals surface area contributed by atoms with E-state index in [0.29, 0.717) is 0 Å². The van der Waals surface area contributed by atoms with E-state index in [9.17, 15) is 4.79 Å². The minimum atomic E-state index is -0.937. The summed E-state index contributed by atoms with van der Waals surface area (Å²) in [6.45, 7) is 0. The van der Waals surface area contributed by atoms with Gasteiger partial charge in [-0.25, -0.2) is 9.78 Å². The maximum absolute atomic E-state index is 10.6. The molecule has 0 fully saturated rings. The lowest BCUT2D eigenvalue weighted by atomic mass is 9.96. The minimum absolute atomic E-state index is 0. The van der Waals surface area contributed by atoms with Crippen LogP contribution in [0.15, 0.2) is 12.1 Å². The van der Waals surface area contributed by atoms with Crippen molar-refractivity contribution in [1.29, 1.82) is 0 Å². The maximum Gasteiger partial charge on any atom is 0.354 e. The highest BCUT2D eigenvalue weighted by molar-refractivity contribution is 5.85. The second-order valence-corrected chi connectivity index (χ2v) is 3.31. The Hall–Kier alpha value is -1.42. The summed E-state index contributed by atoms with van der Waals surface area (Å²) in [4.78, 5) is 14.7. The zero-order valence-electron chi connectivity index (χ0n) is 7.79. The quantitative estimate of drug-likeness (QED) is 0.720. The van der Waals surface area contributed by atoms with Gasteiger partial charge in [-0.2, -0.15) is 0 Å². The average Bonchev–Trinajstić information content (AvgIpc) is 2.17. The van der Waals surface area contributed by atoms with Crippen LogP contribution >= 0.6 is 0 Å². The van der Waals surface area contributed by atoms with Crippen molar-refractivity contribution in [2.45, 2.75) is 25.7 Å². The van der Waals surface area contributed by atoms with Gasteiger partial charge in [0.2, 0.25) is 0 Å². The maximum atomic E-state index is 10.6. The lowest BCUT2D eigenvalue weighted by Gasteiger charge is -2.14. The summed E-state index contributed by atoms with van der Waals surface area (Å²) in [6.07, 6.45) is 4.29. The lowest BCUT2D eigenvalue weighted by molar-refractivity contribution is 0.0690. The number of nitrogens with zero attached hydrogens (tertiary/aromatic N) is 1. The van der Waals surface area contributed by atoms with Crippen LogP contribution < -0.4 is 0 Å². The van der Waals surface area contributed by atoms with Gasteiger partial charge in [-0.05, 0) is 37.3 Å². The largest absolute Gasteiger partial charge is 0.477 e. The van der Waals surface area contributed by atoms with Crippen molar-refractivity contribution in [1.82, 2.24) is 4.98 Å². The Morgan fingerprint density at radius 1 is 1.29 bits per heavy atom. The van der Waals surface area contributed by atoms with Gasteiger partial charge in [0, 0.05) is 5.69 Å². The van der Waals surface area contributed by atoms with Gasteiger partial charge in [0.25, 0.3) is 0 Å². The SMILES string of the molecule is O.O=C(O)c1ccc2c(n1)CCCC2. The molecule has 1 aromatic heterocycles. The van der Waals surface area contributed by atoms with Crippen molar-refractivity contribution in [3.05, 3.63) is 29.1 Å². The smallest absolute Gasteiger partial charge is 0.354 e. The Balaban J connectivity index is 0.000000980. The van der Waals surface area contributed by atoms with Gasteiger partial charge < -0.3 is 10.6 Å². The first-order chi connectivity index (χ1) is 6.27. The third kappa shape index (κ3) is 1.90. The molecular weight excluding hydrogens is 182 g/mol. The number of aromatic carboxylic acids is 1. The number of aryl methyl sites for hydroxylation is 2. The van der Waals surface area contributed by atoms with Crippen LogP contribution in [0.2, 0.25) is 0 Å². The Morgan fingerprint density at radius 3 is 2.71 bits per heavy atom. The number of pyridine rings is 1. The number of rotatable bonds is 1. The number of hydrogen-bond acceptors (Lipinski definition) is 2. The van der Waals surface area contributed by atoms with Crippen LogP contribution in [0.5, 0.6) is 0 Å². The number of carbonyl (C=O) groups is 1.